The molecule has 0 aliphatic carbocycles. The lowest BCUT2D eigenvalue weighted by Crippen LogP contribution is -2.57. The predicted octanol–water partition coefficient (Wildman–Crippen LogP) is 3.32. The molecule has 2 aliphatic rings. The predicted molar refractivity (Wildman–Crippen MR) is 121 cm³/mol. The van der Waals surface area contributed by atoms with Gasteiger partial charge in [-0.15, -0.1) is 0 Å². The Labute approximate surface area is 181 Å². The minimum Gasteiger partial charge on any atom is -0.491 e. The first-order valence-corrected chi connectivity index (χ1v) is 11.6. The van der Waals surface area contributed by atoms with Crippen LogP contribution in [-0.4, -0.2) is 79.6 Å². The fourth-order valence-corrected chi connectivity index (χ4v) is 4.97. The molecule has 0 saturated carbocycles. The van der Waals surface area contributed by atoms with Gasteiger partial charge in [0, 0.05) is 32.7 Å². The fourth-order valence-electron chi connectivity index (χ4n) is 4.31. The lowest BCUT2D eigenvalue weighted by molar-refractivity contribution is -0.0793. The van der Waals surface area contributed by atoms with E-state index in [0.717, 1.165) is 50.5 Å². The third-order valence-electron chi connectivity index (χ3n) is 6.12. The van der Waals surface area contributed by atoms with Gasteiger partial charge in [-0.1, -0.05) is 24.3 Å². The van der Waals surface area contributed by atoms with Crippen molar-refractivity contribution in [3.05, 3.63) is 53.2 Å². The lowest BCUT2D eigenvalue weighted by Gasteiger charge is -2.42. The zero-order valence-corrected chi connectivity index (χ0v) is 17.9. The van der Waals surface area contributed by atoms with Crippen molar-refractivity contribution in [2.45, 2.75) is 12.1 Å². The summed E-state index contributed by atoms with van der Waals surface area (Å²) in [7, 11) is 0. The number of ether oxygens (including phenoxy) is 2. The molecule has 1 N–H and O–H groups in total. The van der Waals surface area contributed by atoms with Gasteiger partial charge in [0.2, 0.25) is 0 Å². The highest BCUT2D eigenvalue weighted by molar-refractivity contribution is 7.08. The van der Waals surface area contributed by atoms with Crippen LogP contribution in [0.5, 0.6) is 5.75 Å². The number of piperazine rings is 1. The molecule has 0 bridgehead atoms. The Morgan fingerprint density at radius 3 is 2.67 bits per heavy atom. The van der Waals surface area contributed by atoms with E-state index in [1.807, 2.05) is 6.07 Å². The number of nitrogens with zero attached hydrogens (tertiary/aromatic N) is 2. The van der Waals surface area contributed by atoms with E-state index in [-0.39, 0.29) is 0 Å². The van der Waals surface area contributed by atoms with Crippen molar-refractivity contribution in [1.82, 2.24) is 9.80 Å². The molecule has 158 valence electrons. The van der Waals surface area contributed by atoms with Crippen molar-refractivity contribution in [1.29, 1.82) is 0 Å². The van der Waals surface area contributed by atoms with Crippen LogP contribution in [0.2, 0.25) is 0 Å². The summed E-state index contributed by atoms with van der Waals surface area (Å²) < 4.78 is 11.3. The number of aliphatic hydroxyl groups excluding tert-OH is 1. The van der Waals surface area contributed by atoms with E-state index in [0.29, 0.717) is 19.2 Å². The van der Waals surface area contributed by atoms with Gasteiger partial charge in [-0.05, 0) is 50.9 Å². The smallest absolute Gasteiger partial charge is 0.120 e. The number of hydrogen-bond acceptors (Lipinski definition) is 6. The maximum Gasteiger partial charge on any atom is 0.120 e. The number of aliphatic hydroxyl groups is 1. The molecule has 5 nitrogen and oxygen atoms in total. The van der Waals surface area contributed by atoms with Crippen LogP contribution in [0, 0.1) is 0 Å². The second kappa shape index (κ2) is 9.04. The Hall–Kier alpha value is -1.96. The average molecular weight is 425 g/mol. The zero-order valence-electron chi connectivity index (χ0n) is 17.1. The molecule has 0 radical (unpaired) electrons. The number of β-amino-alcohol motifs (C(OH)–C–C–N with tert-alkyl or cyclic N) is 1. The lowest BCUT2D eigenvalue weighted by atomic mass is 10.00. The van der Waals surface area contributed by atoms with Gasteiger partial charge in [0.05, 0.1) is 19.3 Å². The number of benzene rings is 2. The van der Waals surface area contributed by atoms with E-state index in [9.17, 15) is 5.11 Å². The van der Waals surface area contributed by atoms with Gasteiger partial charge in [-0.2, -0.15) is 11.3 Å². The Morgan fingerprint density at radius 2 is 1.93 bits per heavy atom. The van der Waals surface area contributed by atoms with Gasteiger partial charge in [-0.25, -0.2) is 0 Å². The Kier molecular flexibility index (Phi) is 6.02. The highest BCUT2D eigenvalue weighted by atomic mass is 32.1. The number of thiophene rings is 1. The zero-order chi connectivity index (χ0) is 20.3. The summed E-state index contributed by atoms with van der Waals surface area (Å²) in [6.07, 6.45) is -0.500. The van der Waals surface area contributed by atoms with Crippen molar-refractivity contribution in [3.8, 4) is 16.9 Å². The van der Waals surface area contributed by atoms with Crippen molar-refractivity contribution in [2.75, 3.05) is 52.5 Å². The molecule has 1 aromatic heterocycles. The Morgan fingerprint density at radius 1 is 1.10 bits per heavy atom. The molecule has 2 fully saturated rings. The van der Waals surface area contributed by atoms with Crippen LogP contribution in [0.3, 0.4) is 0 Å². The standard InChI is InChI=1S/C24H28N2O3S/c27-21(13-25-6-8-26(9-7-25)20-14-28-15-20)16-29-22-11-18-3-1-2-4-23(18)24(12-22)19-5-10-30-17-19/h1-5,10-12,17,20-21,27H,6-9,13-16H2. The fraction of sp³-hybridized carbons (Fsp3) is 0.417. The largest absolute Gasteiger partial charge is 0.491 e. The summed E-state index contributed by atoms with van der Waals surface area (Å²) in [5.41, 5.74) is 2.38. The molecule has 2 saturated heterocycles. The summed E-state index contributed by atoms with van der Waals surface area (Å²) in [6.45, 7) is 6.79. The first-order chi connectivity index (χ1) is 14.8. The van der Waals surface area contributed by atoms with Crippen molar-refractivity contribution in [2.24, 2.45) is 0 Å². The van der Waals surface area contributed by atoms with E-state index in [4.69, 9.17) is 9.47 Å². The summed E-state index contributed by atoms with van der Waals surface area (Å²) >= 11 is 1.70. The molecule has 30 heavy (non-hydrogen) atoms. The number of fused-ring (bicyclic) bond motifs is 1. The molecule has 6 heteroatoms. The van der Waals surface area contributed by atoms with Crippen LogP contribution in [0.25, 0.3) is 21.9 Å². The molecule has 5 rings (SSSR count). The molecule has 1 unspecified atom stereocenters. The number of rotatable bonds is 7. The van der Waals surface area contributed by atoms with Crippen LogP contribution in [-0.2, 0) is 4.74 Å². The Balaban J connectivity index is 1.20. The van der Waals surface area contributed by atoms with Crippen LogP contribution in [0.4, 0.5) is 0 Å². The van der Waals surface area contributed by atoms with E-state index >= 15 is 0 Å². The average Bonchev–Trinajstić information content (AvgIpc) is 3.26. The van der Waals surface area contributed by atoms with Crippen molar-refractivity contribution < 1.29 is 14.6 Å². The molecule has 1 atom stereocenters. The van der Waals surface area contributed by atoms with Crippen molar-refractivity contribution >= 4 is 22.1 Å². The van der Waals surface area contributed by atoms with Crippen molar-refractivity contribution in [3.63, 3.8) is 0 Å². The minimum absolute atomic E-state index is 0.304. The summed E-state index contributed by atoms with van der Waals surface area (Å²) in [4.78, 5) is 4.84. The quantitative estimate of drug-likeness (QED) is 0.630. The van der Waals surface area contributed by atoms with Gasteiger partial charge >= 0.3 is 0 Å². The van der Waals surface area contributed by atoms with Gasteiger partial charge in [0.1, 0.15) is 18.5 Å². The van der Waals surface area contributed by atoms with Crippen LogP contribution < -0.4 is 4.74 Å². The molecule has 2 aliphatic heterocycles. The monoisotopic (exact) mass is 424 g/mol. The third kappa shape index (κ3) is 4.38. The van der Waals surface area contributed by atoms with E-state index in [2.05, 4.69) is 57.0 Å². The van der Waals surface area contributed by atoms with Crippen LogP contribution in [0.15, 0.2) is 53.2 Å². The maximum absolute atomic E-state index is 10.6. The molecule has 0 spiro atoms. The second-order valence-corrected chi connectivity index (χ2v) is 8.98. The summed E-state index contributed by atoms with van der Waals surface area (Å²) in [5, 5.41) is 17.2. The SMILES string of the molecule is OC(COc1cc(-c2ccsc2)c2ccccc2c1)CN1CCN(C2COC2)CC1. The van der Waals surface area contributed by atoms with Gasteiger partial charge in [0.25, 0.3) is 0 Å². The molecular weight excluding hydrogens is 396 g/mol. The highest BCUT2D eigenvalue weighted by Gasteiger charge is 2.29. The number of hydrogen-bond donors (Lipinski definition) is 1. The second-order valence-electron chi connectivity index (χ2n) is 8.20. The summed E-state index contributed by atoms with van der Waals surface area (Å²) in [6, 6.07) is 15.3. The Bertz CT molecular complexity index is 966. The summed E-state index contributed by atoms with van der Waals surface area (Å²) in [5.74, 6) is 0.809. The minimum atomic E-state index is -0.500. The topological polar surface area (TPSA) is 45.2 Å². The van der Waals surface area contributed by atoms with Gasteiger partial charge in [-0.3, -0.25) is 9.80 Å². The first-order valence-electron chi connectivity index (χ1n) is 10.7. The van der Waals surface area contributed by atoms with Gasteiger partial charge in [0.15, 0.2) is 0 Å². The molecule has 2 aromatic carbocycles. The normalized spacial score (nSPS) is 19.6. The van der Waals surface area contributed by atoms with E-state index in [1.54, 1.807) is 11.3 Å². The molecular formula is C24H28N2O3S. The highest BCUT2D eigenvalue weighted by Crippen LogP contribution is 2.34. The van der Waals surface area contributed by atoms with Crippen LogP contribution >= 0.6 is 11.3 Å². The van der Waals surface area contributed by atoms with E-state index in [1.165, 1.54) is 16.5 Å². The maximum atomic E-state index is 10.6. The third-order valence-corrected chi connectivity index (χ3v) is 6.81. The molecule has 3 aromatic rings. The molecule has 3 heterocycles. The van der Waals surface area contributed by atoms with Gasteiger partial charge < -0.3 is 14.6 Å². The molecule has 0 amide bonds. The van der Waals surface area contributed by atoms with E-state index < -0.39 is 6.10 Å². The van der Waals surface area contributed by atoms with Crippen LogP contribution in [0.1, 0.15) is 0 Å². The first kappa shape index (κ1) is 20.0.